The number of hydrogen-bond donors (Lipinski definition) is 0. The first kappa shape index (κ1) is 12.8. The Morgan fingerprint density at radius 1 is 1.40 bits per heavy atom. The van der Waals surface area contributed by atoms with Crippen LogP contribution in [0.3, 0.4) is 0 Å². The van der Waals surface area contributed by atoms with Crippen LogP contribution in [0.5, 0.6) is 0 Å². The lowest BCUT2D eigenvalue weighted by Crippen LogP contribution is -2.19. The third kappa shape index (κ3) is 4.87. The normalized spacial score (nSPS) is 19.9. The van der Waals surface area contributed by atoms with Crippen LogP contribution in [-0.2, 0) is 9.53 Å². The van der Waals surface area contributed by atoms with Crippen LogP contribution in [-0.4, -0.2) is 18.0 Å². The van der Waals surface area contributed by atoms with Gasteiger partial charge in [0, 0.05) is 0 Å². The molecule has 1 aliphatic rings. The maximum Gasteiger partial charge on any atom is 0.324 e. The van der Waals surface area contributed by atoms with Gasteiger partial charge in [0.05, 0.1) is 6.61 Å². The molecule has 0 aromatic carbocycles. The summed E-state index contributed by atoms with van der Waals surface area (Å²) in [5, 5.41) is -0.462. The summed E-state index contributed by atoms with van der Waals surface area (Å²) < 4.78 is 5.13. The number of hydrogen-bond acceptors (Lipinski definition) is 2. The minimum atomic E-state index is -0.462. The molecule has 0 N–H and O–H groups in total. The van der Waals surface area contributed by atoms with E-state index >= 15 is 0 Å². The summed E-state index contributed by atoms with van der Waals surface area (Å²) in [4.78, 5) is 11.3. The Hall–Kier alpha value is -0.240. The molecule has 0 saturated heterocycles. The Kier molecular flexibility index (Phi) is 6.07. The maximum atomic E-state index is 11.3. The van der Waals surface area contributed by atoms with Gasteiger partial charge in [-0.25, -0.2) is 0 Å². The van der Waals surface area contributed by atoms with E-state index in [0.29, 0.717) is 13.0 Å². The summed E-state index contributed by atoms with van der Waals surface area (Å²) in [7, 11) is 0. The molecule has 0 radical (unpaired) electrons. The number of esters is 1. The molecule has 1 rings (SSSR count). The maximum absolute atomic E-state index is 11.3. The van der Waals surface area contributed by atoms with Crippen molar-refractivity contribution < 1.29 is 9.53 Å². The van der Waals surface area contributed by atoms with E-state index < -0.39 is 5.38 Å². The molecule has 0 aromatic heterocycles. The molecule has 3 heteroatoms. The molecule has 2 nitrogen and oxygen atoms in total. The molecule has 1 saturated carbocycles. The molecule has 88 valence electrons. The van der Waals surface area contributed by atoms with Gasteiger partial charge in [0.2, 0.25) is 0 Å². The van der Waals surface area contributed by atoms with Crippen molar-refractivity contribution >= 4 is 17.6 Å². The van der Waals surface area contributed by atoms with Crippen LogP contribution in [0.1, 0.15) is 51.9 Å². The van der Waals surface area contributed by atoms with Gasteiger partial charge in [-0.1, -0.05) is 39.0 Å². The van der Waals surface area contributed by atoms with Crippen molar-refractivity contribution in [1.29, 1.82) is 0 Å². The van der Waals surface area contributed by atoms with E-state index in [0.717, 1.165) is 12.3 Å². The quantitative estimate of drug-likeness (QED) is 0.536. The molecular formula is C12H21ClO2. The number of halogens is 1. The van der Waals surface area contributed by atoms with Gasteiger partial charge in [0.1, 0.15) is 5.38 Å². The smallest absolute Gasteiger partial charge is 0.324 e. The highest BCUT2D eigenvalue weighted by Crippen LogP contribution is 2.26. The Morgan fingerprint density at radius 2 is 2.07 bits per heavy atom. The minimum Gasteiger partial charge on any atom is -0.465 e. The fraction of sp³-hybridized carbons (Fsp3) is 0.917. The monoisotopic (exact) mass is 232 g/mol. The molecule has 0 aliphatic heterocycles. The highest BCUT2D eigenvalue weighted by atomic mass is 35.5. The van der Waals surface area contributed by atoms with Crippen LogP contribution >= 0.6 is 11.6 Å². The van der Waals surface area contributed by atoms with E-state index in [4.69, 9.17) is 16.3 Å². The van der Waals surface area contributed by atoms with Gasteiger partial charge < -0.3 is 4.74 Å². The van der Waals surface area contributed by atoms with Crippen molar-refractivity contribution in [3.63, 3.8) is 0 Å². The van der Waals surface area contributed by atoms with Crippen molar-refractivity contribution in [2.75, 3.05) is 6.61 Å². The lowest BCUT2D eigenvalue weighted by Gasteiger charge is -2.21. The molecule has 0 bridgehead atoms. The van der Waals surface area contributed by atoms with Crippen LogP contribution in [0, 0.1) is 5.92 Å². The molecule has 1 aliphatic carbocycles. The van der Waals surface area contributed by atoms with Gasteiger partial charge in [0.15, 0.2) is 0 Å². The minimum absolute atomic E-state index is 0.255. The lowest BCUT2D eigenvalue weighted by atomic mass is 9.87. The zero-order chi connectivity index (χ0) is 11.1. The fourth-order valence-corrected chi connectivity index (χ4v) is 2.12. The number of alkyl halides is 1. The third-order valence-electron chi connectivity index (χ3n) is 3.11. The summed E-state index contributed by atoms with van der Waals surface area (Å²) in [5.74, 6) is 0.511. The summed E-state index contributed by atoms with van der Waals surface area (Å²) in [6.45, 7) is 2.44. The number of carbonyl (C=O) groups is 1. The zero-order valence-corrected chi connectivity index (χ0v) is 10.3. The third-order valence-corrected chi connectivity index (χ3v) is 3.60. The average molecular weight is 233 g/mol. The first-order chi connectivity index (χ1) is 7.24. The van der Waals surface area contributed by atoms with Crippen molar-refractivity contribution in [3.05, 3.63) is 0 Å². The summed E-state index contributed by atoms with van der Waals surface area (Å²) >= 11 is 5.76. The Balaban J connectivity index is 2.07. The zero-order valence-electron chi connectivity index (χ0n) is 9.51. The van der Waals surface area contributed by atoms with Crippen molar-refractivity contribution in [1.82, 2.24) is 0 Å². The summed E-state index contributed by atoms with van der Waals surface area (Å²) in [6.07, 6.45) is 8.31. The summed E-state index contributed by atoms with van der Waals surface area (Å²) in [6, 6.07) is 0. The first-order valence-corrected chi connectivity index (χ1v) is 6.48. The lowest BCUT2D eigenvalue weighted by molar-refractivity contribution is -0.143. The standard InChI is InChI=1S/C12H21ClO2/c1-2-11(13)12(14)15-9-8-10-6-4-3-5-7-10/h10-11H,2-9H2,1H3. The molecule has 0 spiro atoms. The van der Waals surface area contributed by atoms with Crippen LogP contribution in [0.2, 0.25) is 0 Å². The van der Waals surface area contributed by atoms with Gasteiger partial charge >= 0.3 is 5.97 Å². The highest BCUT2D eigenvalue weighted by molar-refractivity contribution is 6.29. The average Bonchev–Trinajstić information content (AvgIpc) is 2.29. The van der Waals surface area contributed by atoms with Crippen LogP contribution in [0.4, 0.5) is 0 Å². The second-order valence-electron chi connectivity index (χ2n) is 4.34. The molecule has 1 unspecified atom stereocenters. The van der Waals surface area contributed by atoms with Crippen LogP contribution < -0.4 is 0 Å². The molecule has 1 fully saturated rings. The molecular weight excluding hydrogens is 212 g/mol. The van der Waals surface area contributed by atoms with Crippen molar-refractivity contribution in [2.24, 2.45) is 5.92 Å². The van der Waals surface area contributed by atoms with E-state index in [1.165, 1.54) is 32.1 Å². The van der Waals surface area contributed by atoms with Gasteiger partial charge in [-0.2, -0.15) is 0 Å². The summed E-state index contributed by atoms with van der Waals surface area (Å²) in [5.41, 5.74) is 0. The van der Waals surface area contributed by atoms with E-state index in [1.54, 1.807) is 0 Å². The largest absolute Gasteiger partial charge is 0.465 e. The fourth-order valence-electron chi connectivity index (χ4n) is 2.06. The predicted molar refractivity (Wildman–Crippen MR) is 62.1 cm³/mol. The predicted octanol–water partition coefficient (Wildman–Crippen LogP) is 3.52. The molecule has 0 amide bonds. The molecule has 1 atom stereocenters. The van der Waals surface area contributed by atoms with Gasteiger partial charge in [-0.15, -0.1) is 11.6 Å². The second kappa shape index (κ2) is 7.10. The first-order valence-electron chi connectivity index (χ1n) is 6.04. The SMILES string of the molecule is CCC(Cl)C(=O)OCCC1CCCCC1. The number of carbonyl (C=O) groups excluding carboxylic acids is 1. The Labute approximate surface area is 97.3 Å². The van der Waals surface area contributed by atoms with E-state index in [9.17, 15) is 4.79 Å². The van der Waals surface area contributed by atoms with Crippen molar-refractivity contribution in [3.8, 4) is 0 Å². The number of ether oxygens (including phenoxy) is 1. The van der Waals surface area contributed by atoms with E-state index in [1.807, 2.05) is 6.92 Å². The number of rotatable bonds is 5. The van der Waals surface area contributed by atoms with Gasteiger partial charge in [0.25, 0.3) is 0 Å². The molecule has 0 heterocycles. The Morgan fingerprint density at radius 3 is 2.67 bits per heavy atom. The van der Waals surface area contributed by atoms with E-state index in [2.05, 4.69) is 0 Å². The second-order valence-corrected chi connectivity index (χ2v) is 4.86. The van der Waals surface area contributed by atoms with E-state index in [-0.39, 0.29) is 5.97 Å². The Bertz CT molecular complexity index is 188. The molecule has 15 heavy (non-hydrogen) atoms. The van der Waals surface area contributed by atoms with Gasteiger partial charge in [-0.3, -0.25) is 4.79 Å². The van der Waals surface area contributed by atoms with Gasteiger partial charge in [-0.05, 0) is 18.8 Å². The molecule has 0 aromatic rings. The van der Waals surface area contributed by atoms with Crippen LogP contribution in [0.15, 0.2) is 0 Å². The van der Waals surface area contributed by atoms with Crippen LogP contribution in [0.25, 0.3) is 0 Å². The van der Waals surface area contributed by atoms with Crippen molar-refractivity contribution in [2.45, 2.75) is 57.2 Å². The topological polar surface area (TPSA) is 26.3 Å². The highest BCUT2D eigenvalue weighted by Gasteiger charge is 2.16.